The Labute approximate surface area is 151 Å². The number of H-pyrrole nitrogens is 1. The first-order valence-corrected chi connectivity index (χ1v) is 9.62. The maximum absolute atomic E-state index is 12.9. The van der Waals surface area contributed by atoms with Gasteiger partial charge in [0.25, 0.3) is 0 Å². The van der Waals surface area contributed by atoms with E-state index in [2.05, 4.69) is 4.98 Å². The van der Waals surface area contributed by atoms with Crippen LogP contribution in [0, 0.1) is 17.8 Å². The zero-order chi connectivity index (χ0) is 17.8. The summed E-state index contributed by atoms with van der Waals surface area (Å²) in [4.78, 5) is 42.1. The molecule has 2 bridgehead atoms. The molecule has 1 unspecified atom stereocenters. The molecule has 3 aliphatic rings. The fourth-order valence-corrected chi connectivity index (χ4v) is 5.39. The fourth-order valence-electron chi connectivity index (χ4n) is 5.39. The Hall–Kier alpha value is -2.37. The highest BCUT2D eigenvalue weighted by Crippen LogP contribution is 2.47. The van der Waals surface area contributed by atoms with Crippen molar-refractivity contribution in [3.05, 3.63) is 34.7 Å². The van der Waals surface area contributed by atoms with Gasteiger partial charge in [0.15, 0.2) is 0 Å². The summed E-state index contributed by atoms with van der Waals surface area (Å²) in [6.45, 7) is 1.33. The lowest BCUT2D eigenvalue weighted by Crippen LogP contribution is -2.45. The number of aromatic amines is 1. The van der Waals surface area contributed by atoms with E-state index in [9.17, 15) is 14.4 Å². The normalized spacial score (nSPS) is 29.0. The van der Waals surface area contributed by atoms with Gasteiger partial charge in [0.1, 0.15) is 5.78 Å². The van der Waals surface area contributed by atoms with Gasteiger partial charge in [-0.3, -0.25) is 14.2 Å². The first-order valence-electron chi connectivity index (χ1n) is 9.62. The first-order chi connectivity index (χ1) is 12.6. The Kier molecular flexibility index (Phi) is 3.55. The van der Waals surface area contributed by atoms with Crippen LogP contribution in [0.1, 0.15) is 38.1 Å². The number of para-hydroxylation sites is 2. The number of hydrogen-bond acceptors (Lipinski definition) is 3. The molecule has 1 N–H and O–H groups in total. The van der Waals surface area contributed by atoms with Crippen molar-refractivity contribution in [3.8, 4) is 0 Å². The quantitative estimate of drug-likeness (QED) is 0.898. The number of rotatable bonds is 2. The number of carbonyl (C=O) groups is 2. The van der Waals surface area contributed by atoms with Crippen LogP contribution < -0.4 is 5.69 Å². The first kappa shape index (κ1) is 15.9. The van der Waals surface area contributed by atoms with E-state index in [1.165, 1.54) is 0 Å². The highest BCUT2D eigenvalue weighted by Gasteiger charge is 2.49. The molecule has 1 aliphatic heterocycles. The summed E-state index contributed by atoms with van der Waals surface area (Å²) in [5.74, 6) is 0.772. The second-order valence-electron chi connectivity index (χ2n) is 8.09. The number of piperidine rings is 1. The highest BCUT2D eigenvalue weighted by molar-refractivity contribution is 5.92. The van der Waals surface area contributed by atoms with Crippen LogP contribution in [-0.4, -0.2) is 39.2 Å². The standard InChI is InChI=1S/C20H23N3O3/c24-18-11-12-9-14(18)15(10-12)19(25)22-7-5-13(6-8-22)23-17-4-2-1-3-16(17)21-20(23)26/h1-4,12-15H,5-11H2,(H,21,26)/t12-,14+,15?/m0/s1. The minimum Gasteiger partial charge on any atom is -0.342 e. The number of carbonyl (C=O) groups excluding carboxylic acids is 2. The van der Waals surface area contributed by atoms with Crippen LogP contribution in [0.4, 0.5) is 0 Å². The van der Waals surface area contributed by atoms with Crippen molar-refractivity contribution in [1.82, 2.24) is 14.5 Å². The summed E-state index contributed by atoms with van der Waals surface area (Å²) < 4.78 is 1.85. The van der Waals surface area contributed by atoms with Crippen LogP contribution in [0.25, 0.3) is 11.0 Å². The minimum absolute atomic E-state index is 0.0264. The molecule has 6 nitrogen and oxygen atoms in total. The lowest BCUT2D eigenvalue weighted by atomic mass is 9.86. The monoisotopic (exact) mass is 353 g/mol. The summed E-state index contributed by atoms with van der Waals surface area (Å²) in [5, 5.41) is 0. The van der Waals surface area contributed by atoms with Crippen molar-refractivity contribution in [2.45, 2.75) is 38.1 Å². The van der Waals surface area contributed by atoms with Crippen molar-refractivity contribution in [1.29, 1.82) is 0 Å². The van der Waals surface area contributed by atoms with E-state index in [0.717, 1.165) is 36.7 Å². The topological polar surface area (TPSA) is 75.2 Å². The van der Waals surface area contributed by atoms with Crippen molar-refractivity contribution in [2.24, 2.45) is 17.8 Å². The number of benzene rings is 1. The van der Waals surface area contributed by atoms with E-state index in [-0.39, 0.29) is 29.5 Å². The Morgan fingerprint density at radius 2 is 1.85 bits per heavy atom. The average Bonchev–Trinajstić information content (AvgIpc) is 3.32. The molecule has 5 rings (SSSR count). The van der Waals surface area contributed by atoms with Crippen LogP contribution in [0.3, 0.4) is 0 Å². The van der Waals surface area contributed by atoms with Gasteiger partial charge in [0, 0.05) is 37.4 Å². The predicted octanol–water partition coefficient (Wildman–Crippen LogP) is 2.11. The maximum atomic E-state index is 12.9. The SMILES string of the molecule is O=C1C[C@@H]2CC(C(=O)N3CCC(n4c(=O)[nH]c5ccccc54)CC3)[C@H]1C2. The van der Waals surface area contributed by atoms with Crippen molar-refractivity contribution < 1.29 is 9.59 Å². The Balaban J connectivity index is 1.30. The number of hydrogen-bond donors (Lipinski definition) is 1. The lowest BCUT2D eigenvalue weighted by Gasteiger charge is -2.35. The van der Waals surface area contributed by atoms with Gasteiger partial charge in [-0.25, -0.2) is 4.79 Å². The van der Waals surface area contributed by atoms with Crippen molar-refractivity contribution in [3.63, 3.8) is 0 Å². The van der Waals surface area contributed by atoms with Crippen molar-refractivity contribution in [2.75, 3.05) is 13.1 Å². The van der Waals surface area contributed by atoms with Crippen LogP contribution in [0.15, 0.2) is 29.1 Å². The molecule has 3 fully saturated rings. The number of nitrogens with one attached hydrogen (secondary N) is 1. The summed E-state index contributed by atoms with van der Waals surface area (Å²) in [6, 6.07) is 7.85. The molecule has 2 aliphatic carbocycles. The Bertz CT molecular complexity index is 935. The Morgan fingerprint density at radius 1 is 1.08 bits per heavy atom. The van der Waals surface area contributed by atoms with E-state index < -0.39 is 0 Å². The third-order valence-corrected chi connectivity index (χ3v) is 6.65. The van der Waals surface area contributed by atoms with Crippen molar-refractivity contribution >= 4 is 22.7 Å². The average molecular weight is 353 g/mol. The van der Waals surface area contributed by atoms with Crippen LogP contribution in [0.2, 0.25) is 0 Å². The molecule has 0 radical (unpaired) electrons. The van der Waals surface area contributed by atoms with Crippen LogP contribution >= 0.6 is 0 Å². The summed E-state index contributed by atoms with van der Waals surface area (Å²) in [5.41, 5.74) is 1.71. The van der Waals surface area contributed by atoms with E-state index in [1.54, 1.807) is 0 Å². The summed E-state index contributed by atoms with van der Waals surface area (Å²) in [6.07, 6.45) is 4.04. The van der Waals surface area contributed by atoms with Gasteiger partial charge in [-0.05, 0) is 43.7 Å². The van der Waals surface area contributed by atoms with Crippen LogP contribution in [0.5, 0.6) is 0 Å². The Morgan fingerprint density at radius 3 is 2.58 bits per heavy atom. The number of Topliss-reactive ketones (excluding diaryl/α,β-unsaturated/α-hetero) is 1. The molecule has 136 valence electrons. The second kappa shape index (κ2) is 5.83. The molecule has 0 spiro atoms. The van der Waals surface area contributed by atoms with E-state index >= 15 is 0 Å². The molecule has 26 heavy (non-hydrogen) atoms. The molecule has 2 saturated carbocycles. The molecular formula is C20H23N3O3. The van der Waals surface area contributed by atoms with E-state index in [4.69, 9.17) is 0 Å². The molecular weight excluding hydrogens is 330 g/mol. The third-order valence-electron chi connectivity index (χ3n) is 6.65. The smallest absolute Gasteiger partial charge is 0.326 e. The zero-order valence-electron chi connectivity index (χ0n) is 14.7. The predicted molar refractivity (Wildman–Crippen MR) is 96.7 cm³/mol. The summed E-state index contributed by atoms with van der Waals surface area (Å²) >= 11 is 0. The molecule has 1 saturated heterocycles. The number of amides is 1. The summed E-state index contributed by atoms with van der Waals surface area (Å²) in [7, 11) is 0. The molecule has 2 aromatic rings. The molecule has 1 aromatic heterocycles. The van der Waals surface area contributed by atoms with Gasteiger partial charge in [-0.15, -0.1) is 0 Å². The number of nitrogens with zero attached hydrogens (tertiary/aromatic N) is 2. The molecule has 1 aromatic carbocycles. The second-order valence-corrected chi connectivity index (χ2v) is 8.09. The number of ketones is 1. The number of likely N-dealkylation sites (tertiary alicyclic amines) is 1. The fraction of sp³-hybridized carbons (Fsp3) is 0.550. The van der Waals surface area contributed by atoms with Gasteiger partial charge in [-0.2, -0.15) is 0 Å². The third kappa shape index (κ3) is 2.35. The van der Waals surface area contributed by atoms with Crippen LogP contribution in [-0.2, 0) is 9.59 Å². The number of fused-ring (bicyclic) bond motifs is 3. The molecule has 1 amide bonds. The van der Waals surface area contributed by atoms with Gasteiger partial charge in [-0.1, -0.05) is 12.1 Å². The highest BCUT2D eigenvalue weighted by atomic mass is 16.2. The maximum Gasteiger partial charge on any atom is 0.326 e. The molecule has 2 heterocycles. The zero-order valence-corrected chi connectivity index (χ0v) is 14.7. The van der Waals surface area contributed by atoms with E-state index in [0.29, 0.717) is 31.2 Å². The van der Waals surface area contributed by atoms with Gasteiger partial charge in [0.05, 0.1) is 11.0 Å². The minimum atomic E-state index is -0.0892. The number of aromatic nitrogens is 2. The molecule has 6 heteroatoms. The van der Waals surface area contributed by atoms with E-state index in [1.807, 2.05) is 33.7 Å². The molecule has 3 atom stereocenters. The van der Waals surface area contributed by atoms with Gasteiger partial charge >= 0.3 is 5.69 Å². The largest absolute Gasteiger partial charge is 0.342 e. The lowest BCUT2D eigenvalue weighted by molar-refractivity contribution is -0.142. The van der Waals surface area contributed by atoms with Gasteiger partial charge < -0.3 is 9.88 Å². The number of imidazole rings is 1. The van der Waals surface area contributed by atoms with Gasteiger partial charge in [0.2, 0.25) is 5.91 Å².